The highest BCUT2D eigenvalue weighted by Gasteiger charge is 2.21. The summed E-state index contributed by atoms with van der Waals surface area (Å²) in [7, 11) is 0. The Morgan fingerprint density at radius 3 is 2.95 bits per heavy atom. The Morgan fingerprint density at radius 1 is 1.15 bits per heavy atom. The molecule has 0 atom stereocenters. The number of H-pyrrole nitrogens is 1. The topological polar surface area (TPSA) is 57.7 Å². The van der Waals surface area contributed by atoms with Gasteiger partial charge in [-0.3, -0.25) is 4.98 Å². The van der Waals surface area contributed by atoms with E-state index in [2.05, 4.69) is 37.2 Å². The van der Waals surface area contributed by atoms with Crippen molar-refractivity contribution in [2.45, 2.75) is 6.42 Å². The minimum Gasteiger partial charge on any atom is -0.340 e. The first-order chi connectivity index (χ1) is 9.92. The molecule has 0 saturated carbocycles. The van der Waals surface area contributed by atoms with Gasteiger partial charge in [0.2, 0.25) is 0 Å². The van der Waals surface area contributed by atoms with Gasteiger partial charge in [0.25, 0.3) is 0 Å². The molecule has 5 nitrogen and oxygen atoms in total. The van der Waals surface area contributed by atoms with E-state index in [1.54, 1.807) is 6.20 Å². The van der Waals surface area contributed by atoms with Gasteiger partial charge < -0.3 is 9.88 Å². The van der Waals surface area contributed by atoms with E-state index < -0.39 is 0 Å². The lowest BCUT2D eigenvalue weighted by Gasteiger charge is -2.19. The highest BCUT2D eigenvalue weighted by Crippen LogP contribution is 2.30. The molecule has 1 N–H and O–H groups in total. The first-order valence-electron chi connectivity index (χ1n) is 6.61. The van der Waals surface area contributed by atoms with Gasteiger partial charge in [-0.05, 0) is 30.7 Å². The molecule has 0 aromatic carbocycles. The van der Waals surface area contributed by atoms with E-state index in [4.69, 9.17) is 0 Å². The van der Waals surface area contributed by atoms with E-state index in [-0.39, 0.29) is 0 Å². The van der Waals surface area contributed by atoms with Crippen LogP contribution in [0, 0.1) is 0 Å². The molecule has 20 heavy (non-hydrogen) atoms. The largest absolute Gasteiger partial charge is 0.340 e. The predicted molar refractivity (Wildman–Crippen MR) is 78.1 cm³/mol. The lowest BCUT2D eigenvalue weighted by molar-refractivity contribution is 0.963. The molecular weight excluding hydrogens is 250 g/mol. The Balaban J connectivity index is 1.76. The van der Waals surface area contributed by atoms with Crippen molar-refractivity contribution in [2.24, 2.45) is 0 Å². The van der Waals surface area contributed by atoms with Crippen LogP contribution in [0.1, 0.15) is 12.1 Å². The monoisotopic (exact) mass is 263 g/mol. The van der Waals surface area contributed by atoms with Crippen LogP contribution in [0.25, 0.3) is 16.7 Å². The van der Waals surface area contributed by atoms with E-state index in [0.717, 1.165) is 41.2 Å². The average molecular weight is 263 g/mol. The van der Waals surface area contributed by atoms with Crippen LogP contribution in [-0.2, 0) is 0 Å². The number of anilines is 1. The Hall–Kier alpha value is -2.69. The molecule has 98 valence electrons. The van der Waals surface area contributed by atoms with Gasteiger partial charge in [0.15, 0.2) is 0 Å². The second-order valence-electron chi connectivity index (χ2n) is 4.73. The number of nitrogens with zero attached hydrogens (tertiary/aromatic N) is 4. The van der Waals surface area contributed by atoms with Crippen LogP contribution < -0.4 is 4.90 Å². The Bertz CT molecular complexity index is 742. The summed E-state index contributed by atoms with van der Waals surface area (Å²) >= 11 is 0. The number of fused-ring (bicyclic) bond motifs is 1. The zero-order valence-corrected chi connectivity index (χ0v) is 10.8. The predicted octanol–water partition coefficient (Wildman–Crippen LogP) is 2.60. The van der Waals surface area contributed by atoms with E-state index >= 15 is 0 Å². The maximum absolute atomic E-state index is 4.37. The molecule has 0 fully saturated rings. The minimum absolute atomic E-state index is 0.900. The number of rotatable bonds is 2. The highest BCUT2D eigenvalue weighted by atomic mass is 15.2. The van der Waals surface area contributed by atoms with Gasteiger partial charge in [0, 0.05) is 25.0 Å². The van der Waals surface area contributed by atoms with E-state index in [1.165, 1.54) is 0 Å². The standard InChI is InChI=1S/C15H13N5/c1-4-11-13(16-7-1)10-15(18-11)20-9-3-6-14(20)12-5-2-8-17-19-12/h1-2,4-8,10,18H,3,9H2. The van der Waals surface area contributed by atoms with Crippen LogP contribution >= 0.6 is 0 Å². The third-order valence-electron chi connectivity index (χ3n) is 3.48. The van der Waals surface area contributed by atoms with Crippen molar-refractivity contribution in [3.05, 3.63) is 54.5 Å². The molecule has 0 aliphatic carbocycles. The number of aromatic nitrogens is 4. The maximum atomic E-state index is 4.37. The molecule has 4 heterocycles. The number of pyridine rings is 1. The lowest BCUT2D eigenvalue weighted by Crippen LogP contribution is -2.18. The lowest BCUT2D eigenvalue weighted by atomic mass is 10.3. The summed E-state index contributed by atoms with van der Waals surface area (Å²) in [4.78, 5) is 10.0. The van der Waals surface area contributed by atoms with Crippen molar-refractivity contribution in [2.75, 3.05) is 11.4 Å². The minimum atomic E-state index is 0.900. The Morgan fingerprint density at radius 2 is 2.10 bits per heavy atom. The molecule has 0 spiro atoms. The summed E-state index contributed by atoms with van der Waals surface area (Å²) in [5.41, 5.74) is 4.03. The summed E-state index contributed by atoms with van der Waals surface area (Å²) in [6, 6.07) is 9.94. The fourth-order valence-electron chi connectivity index (χ4n) is 2.58. The molecule has 3 aromatic rings. The fourth-order valence-corrected chi connectivity index (χ4v) is 2.58. The molecule has 3 aromatic heterocycles. The van der Waals surface area contributed by atoms with Crippen molar-refractivity contribution in [3.63, 3.8) is 0 Å². The first-order valence-corrected chi connectivity index (χ1v) is 6.61. The smallest absolute Gasteiger partial charge is 0.113 e. The third kappa shape index (κ3) is 1.75. The quantitative estimate of drug-likeness (QED) is 0.772. The molecule has 1 aliphatic rings. The fraction of sp³-hybridized carbons (Fsp3) is 0.133. The van der Waals surface area contributed by atoms with Gasteiger partial charge >= 0.3 is 0 Å². The van der Waals surface area contributed by atoms with Gasteiger partial charge in [0.05, 0.1) is 16.7 Å². The Kier molecular flexibility index (Phi) is 2.48. The van der Waals surface area contributed by atoms with Crippen molar-refractivity contribution >= 4 is 22.5 Å². The first kappa shape index (κ1) is 11.2. The summed E-state index contributed by atoms with van der Waals surface area (Å²) < 4.78 is 0. The summed E-state index contributed by atoms with van der Waals surface area (Å²) in [6.07, 6.45) is 6.71. The van der Waals surface area contributed by atoms with Gasteiger partial charge in [-0.2, -0.15) is 5.10 Å². The van der Waals surface area contributed by atoms with Crippen LogP contribution in [0.3, 0.4) is 0 Å². The summed E-state index contributed by atoms with van der Waals surface area (Å²) in [5.74, 6) is 1.05. The van der Waals surface area contributed by atoms with E-state index in [9.17, 15) is 0 Å². The normalized spacial score (nSPS) is 14.8. The SMILES string of the molecule is C1=C(c2cccnn2)N(c2cc3ncccc3[nH]2)CC1. The second-order valence-corrected chi connectivity index (χ2v) is 4.73. The van der Waals surface area contributed by atoms with Gasteiger partial charge in [-0.25, -0.2) is 0 Å². The van der Waals surface area contributed by atoms with Crippen molar-refractivity contribution in [1.82, 2.24) is 20.2 Å². The average Bonchev–Trinajstić information content (AvgIpc) is 3.14. The molecule has 0 saturated heterocycles. The zero-order valence-electron chi connectivity index (χ0n) is 10.8. The van der Waals surface area contributed by atoms with Crippen LogP contribution in [0.15, 0.2) is 48.8 Å². The van der Waals surface area contributed by atoms with E-state index in [1.807, 2.05) is 30.5 Å². The highest BCUT2D eigenvalue weighted by molar-refractivity contribution is 5.86. The number of aromatic amines is 1. The molecule has 0 unspecified atom stereocenters. The molecule has 5 heteroatoms. The molecule has 0 bridgehead atoms. The van der Waals surface area contributed by atoms with Crippen LogP contribution in [-0.4, -0.2) is 26.7 Å². The van der Waals surface area contributed by atoms with Crippen LogP contribution in [0.5, 0.6) is 0 Å². The number of nitrogens with one attached hydrogen (secondary N) is 1. The van der Waals surface area contributed by atoms with Crippen molar-refractivity contribution in [1.29, 1.82) is 0 Å². The number of hydrogen-bond donors (Lipinski definition) is 1. The van der Waals surface area contributed by atoms with Gasteiger partial charge in [-0.15, -0.1) is 5.10 Å². The maximum Gasteiger partial charge on any atom is 0.113 e. The summed E-state index contributed by atoms with van der Waals surface area (Å²) in [6.45, 7) is 0.943. The molecule has 4 rings (SSSR count). The second kappa shape index (κ2) is 4.45. The van der Waals surface area contributed by atoms with Crippen LogP contribution in [0.2, 0.25) is 0 Å². The molecule has 0 amide bonds. The van der Waals surface area contributed by atoms with Crippen molar-refractivity contribution < 1.29 is 0 Å². The summed E-state index contributed by atoms with van der Waals surface area (Å²) in [5, 5.41) is 8.16. The zero-order chi connectivity index (χ0) is 13.4. The molecule has 0 radical (unpaired) electrons. The van der Waals surface area contributed by atoms with Crippen LogP contribution in [0.4, 0.5) is 5.82 Å². The molecule has 1 aliphatic heterocycles. The van der Waals surface area contributed by atoms with Crippen molar-refractivity contribution in [3.8, 4) is 0 Å². The molecular formula is C15H13N5. The van der Waals surface area contributed by atoms with Gasteiger partial charge in [-0.1, -0.05) is 6.08 Å². The van der Waals surface area contributed by atoms with Gasteiger partial charge in [0.1, 0.15) is 11.5 Å². The van der Waals surface area contributed by atoms with E-state index in [0.29, 0.717) is 0 Å². The third-order valence-corrected chi connectivity index (χ3v) is 3.48. The Labute approximate surface area is 116 Å². The number of hydrogen-bond acceptors (Lipinski definition) is 4.